The Bertz CT molecular complexity index is 1510. The third-order valence-corrected chi connectivity index (χ3v) is 7.67. The molecule has 2 amide bonds. The average molecular weight is 598 g/mol. The summed E-state index contributed by atoms with van der Waals surface area (Å²) >= 11 is 0. The molecule has 9 nitrogen and oxygen atoms in total. The first-order valence-corrected chi connectivity index (χ1v) is 15.4. The van der Waals surface area contributed by atoms with Crippen LogP contribution in [0.1, 0.15) is 31.9 Å². The lowest BCUT2D eigenvalue weighted by Gasteiger charge is -2.35. The Kier molecular flexibility index (Phi) is 9.40. The number of nitrogens with zero attached hydrogens (tertiary/aromatic N) is 2. The molecule has 224 valence electrons. The minimum atomic E-state index is -3.95. The van der Waals surface area contributed by atoms with Crippen LogP contribution in [0.15, 0.2) is 72.8 Å². The lowest BCUT2D eigenvalue weighted by molar-refractivity contribution is -0.140. The summed E-state index contributed by atoms with van der Waals surface area (Å²) in [5.74, 6) is -0.597. The second-order valence-corrected chi connectivity index (χ2v) is 13.1. The molecular formula is C31H36FN3O6S. The molecule has 0 fully saturated rings. The fourth-order valence-corrected chi connectivity index (χ4v) is 5.44. The second-order valence-electron chi connectivity index (χ2n) is 11.2. The van der Waals surface area contributed by atoms with Gasteiger partial charge in [-0.15, -0.1) is 0 Å². The Morgan fingerprint density at radius 2 is 1.57 bits per heavy atom. The van der Waals surface area contributed by atoms with Crippen LogP contribution in [0.2, 0.25) is 0 Å². The summed E-state index contributed by atoms with van der Waals surface area (Å²) in [5, 5.41) is 2.96. The van der Waals surface area contributed by atoms with Crippen LogP contribution >= 0.6 is 0 Å². The van der Waals surface area contributed by atoms with Gasteiger partial charge in [-0.05, 0) is 56.2 Å². The highest BCUT2D eigenvalue weighted by atomic mass is 32.2. The molecule has 1 atom stereocenters. The molecule has 1 aliphatic heterocycles. The lowest BCUT2D eigenvalue weighted by atomic mass is 10.0. The molecule has 0 unspecified atom stereocenters. The first-order valence-electron chi connectivity index (χ1n) is 13.6. The van der Waals surface area contributed by atoms with E-state index in [2.05, 4.69) is 5.32 Å². The van der Waals surface area contributed by atoms with Gasteiger partial charge in [0.25, 0.3) is 0 Å². The number of amides is 2. The van der Waals surface area contributed by atoms with E-state index < -0.39 is 45.8 Å². The van der Waals surface area contributed by atoms with Crippen molar-refractivity contribution < 1.29 is 31.9 Å². The molecule has 0 aliphatic carbocycles. The van der Waals surface area contributed by atoms with Gasteiger partial charge in [-0.1, -0.05) is 42.5 Å². The SMILES string of the molecule is CC(C)(C)NC(=O)[C@@H](Cc1ccccc1)N(Cc1ccc(F)cc1)C(=O)CN(c1ccc2c(c1)OCCO2)S(C)(=O)=O. The maximum Gasteiger partial charge on any atom is 0.244 e. The van der Waals surface area contributed by atoms with Crippen LogP contribution in [0.3, 0.4) is 0 Å². The van der Waals surface area contributed by atoms with Gasteiger partial charge in [0.15, 0.2) is 11.5 Å². The molecular weight excluding hydrogens is 561 g/mol. The standard InChI is InChI=1S/C31H36FN3O6S/c1-31(2,3)33-30(37)26(18-22-8-6-5-7-9-22)34(20-23-10-12-24(32)13-11-23)29(36)21-35(42(4,38)39)25-14-15-27-28(19-25)41-17-16-40-27/h5-15,19,26H,16-18,20-21H2,1-4H3,(H,33,37)/t26-/m1/s1. The molecule has 4 rings (SSSR count). The molecule has 1 aliphatic rings. The summed E-state index contributed by atoms with van der Waals surface area (Å²) in [7, 11) is -3.95. The van der Waals surface area contributed by atoms with Crippen molar-refractivity contribution in [2.45, 2.75) is 45.3 Å². The zero-order valence-corrected chi connectivity index (χ0v) is 25.0. The molecule has 0 bridgehead atoms. The van der Waals surface area contributed by atoms with E-state index in [1.807, 2.05) is 51.1 Å². The van der Waals surface area contributed by atoms with Crippen molar-refractivity contribution in [3.63, 3.8) is 0 Å². The number of fused-ring (bicyclic) bond motifs is 1. The first-order chi connectivity index (χ1) is 19.8. The van der Waals surface area contributed by atoms with Crippen molar-refractivity contribution in [2.75, 3.05) is 30.3 Å². The number of nitrogens with one attached hydrogen (secondary N) is 1. The summed E-state index contributed by atoms with van der Waals surface area (Å²) in [4.78, 5) is 29.2. The summed E-state index contributed by atoms with van der Waals surface area (Å²) in [6.07, 6.45) is 1.19. The maximum absolute atomic E-state index is 14.1. The van der Waals surface area contributed by atoms with Crippen LogP contribution in [0.4, 0.5) is 10.1 Å². The number of rotatable bonds is 10. The zero-order valence-electron chi connectivity index (χ0n) is 24.2. The van der Waals surface area contributed by atoms with Crippen molar-refractivity contribution in [1.29, 1.82) is 0 Å². The Hall–Kier alpha value is -4.12. The van der Waals surface area contributed by atoms with Crippen LogP contribution in [0.25, 0.3) is 0 Å². The van der Waals surface area contributed by atoms with Crippen LogP contribution < -0.4 is 19.1 Å². The van der Waals surface area contributed by atoms with E-state index in [1.54, 1.807) is 12.1 Å². The van der Waals surface area contributed by atoms with E-state index in [-0.39, 0.29) is 18.7 Å². The topological polar surface area (TPSA) is 105 Å². The average Bonchev–Trinajstić information content (AvgIpc) is 2.93. The third-order valence-electron chi connectivity index (χ3n) is 6.53. The summed E-state index contributed by atoms with van der Waals surface area (Å²) < 4.78 is 51.9. The zero-order chi connectivity index (χ0) is 30.5. The van der Waals surface area contributed by atoms with Crippen molar-refractivity contribution in [3.05, 3.63) is 89.7 Å². The second kappa shape index (κ2) is 12.8. The van der Waals surface area contributed by atoms with Crippen LogP contribution in [-0.4, -0.2) is 62.7 Å². The van der Waals surface area contributed by atoms with Gasteiger partial charge in [0.1, 0.15) is 31.6 Å². The highest BCUT2D eigenvalue weighted by Crippen LogP contribution is 2.34. The maximum atomic E-state index is 14.1. The van der Waals surface area contributed by atoms with Gasteiger partial charge in [0, 0.05) is 24.6 Å². The smallest absolute Gasteiger partial charge is 0.244 e. The number of carbonyl (C=O) groups is 2. The number of anilines is 1. The van der Waals surface area contributed by atoms with Crippen LogP contribution in [-0.2, 0) is 32.6 Å². The van der Waals surface area contributed by atoms with Crippen molar-refractivity contribution in [2.24, 2.45) is 0 Å². The molecule has 3 aromatic rings. The number of benzene rings is 3. The van der Waals surface area contributed by atoms with E-state index in [9.17, 15) is 22.4 Å². The monoisotopic (exact) mass is 597 g/mol. The van der Waals surface area contributed by atoms with E-state index in [0.717, 1.165) is 16.1 Å². The number of hydrogen-bond acceptors (Lipinski definition) is 6. The van der Waals surface area contributed by atoms with Gasteiger partial charge in [0.2, 0.25) is 21.8 Å². The van der Waals surface area contributed by atoms with Crippen LogP contribution in [0.5, 0.6) is 11.5 Å². The van der Waals surface area contributed by atoms with Gasteiger partial charge in [0.05, 0.1) is 11.9 Å². The number of hydrogen-bond donors (Lipinski definition) is 1. The predicted molar refractivity (Wildman–Crippen MR) is 158 cm³/mol. The van der Waals surface area contributed by atoms with Gasteiger partial charge < -0.3 is 19.7 Å². The van der Waals surface area contributed by atoms with Crippen molar-refractivity contribution in [3.8, 4) is 11.5 Å². The third kappa shape index (κ3) is 8.22. The van der Waals surface area contributed by atoms with Crippen molar-refractivity contribution in [1.82, 2.24) is 10.2 Å². The minimum Gasteiger partial charge on any atom is -0.486 e. The van der Waals surface area contributed by atoms with Crippen LogP contribution in [0, 0.1) is 5.82 Å². The fourth-order valence-electron chi connectivity index (χ4n) is 4.59. The lowest BCUT2D eigenvalue weighted by Crippen LogP contribution is -2.56. The molecule has 1 N–H and O–H groups in total. The van der Waals surface area contributed by atoms with E-state index in [4.69, 9.17) is 9.47 Å². The van der Waals surface area contributed by atoms with Gasteiger partial charge >= 0.3 is 0 Å². The van der Waals surface area contributed by atoms with Gasteiger partial charge in [-0.25, -0.2) is 12.8 Å². The number of sulfonamides is 1. The van der Waals surface area contributed by atoms with Gasteiger partial charge in [-0.2, -0.15) is 0 Å². The highest BCUT2D eigenvalue weighted by molar-refractivity contribution is 7.92. The van der Waals surface area contributed by atoms with E-state index in [1.165, 1.54) is 35.2 Å². The Morgan fingerprint density at radius 1 is 0.929 bits per heavy atom. The molecule has 0 spiro atoms. The Balaban J connectivity index is 1.74. The fraction of sp³-hybridized carbons (Fsp3) is 0.355. The molecule has 42 heavy (non-hydrogen) atoms. The first kappa shape index (κ1) is 30.8. The molecule has 11 heteroatoms. The molecule has 0 saturated heterocycles. The number of carbonyl (C=O) groups excluding carboxylic acids is 2. The predicted octanol–water partition coefficient (Wildman–Crippen LogP) is 3.92. The quantitative estimate of drug-likeness (QED) is 0.380. The minimum absolute atomic E-state index is 0.0487. The Morgan fingerprint density at radius 3 is 2.19 bits per heavy atom. The molecule has 3 aromatic carbocycles. The highest BCUT2D eigenvalue weighted by Gasteiger charge is 2.34. The molecule has 0 aromatic heterocycles. The number of ether oxygens (including phenoxy) is 2. The molecule has 0 saturated carbocycles. The number of halogens is 1. The Labute approximate surface area is 246 Å². The summed E-state index contributed by atoms with van der Waals surface area (Å²) in [6, 6.07) is 18.5. The van der Waals surface area contributed by atoms with Crippen molar-refractivity contribution >= 4 is 27.5 Å². The van der Waals surface area contributed by atoms with Gasteiger partial charge in [-0.3, -0.25) is 13.9 Å². The summed E-state index contributed by atoms with van der Waals surface area (Å²) in [6.45, 7) is 5.57. The molecule has 0 radical (unpaired) electrons. The summed E-state index contributed by atoms with van der Waals surface area (Å²) in [5.41, 5.74) is 1.02. The molecule has 1 heterocycles. The van der Waals surface area contributed by atoms with E-state index >= 15 is 0 Å². The van der Waals surface area contributed by atoms with E-state index in [0.29, 0.717) is 30.3 Å². The largest absolute Gasteiger partial charge is 0.486 e. The normalized spacial score (nSPS) is 13.6.